The Kier molecular flexibility index (Phi) is 21.4. The fraction of sp³-hybridized carbons (Fsp3) is 0.815. The fourth-order valence-electron chi connectivity index (χ4n) is 3.73. The van der Waals surface area contributed by atoms with Crippen LogP contribution in [0.25, 0.3) is 0 Å². The van der Waals surface area contributed by atoms with Crippen LogP contribution in [0.15, 0.2) is 23.8 Å². The summed E-state index contributed by atoms with van der Waals surface area (Å²) in [4.78, 5) is 22.3. The standard InChI is InChI=1S/C27H51NO6S2/c1-5-6-7-8-9-10-11-12-13-14-15-16-17-18-19-20-22-33-34-25(2)35-23-21-26(29)28-27(3,4)24-36(30,31)32/h12-13H,2,5-11,14-24H2,1,3-4H3,(H,28,29)(H,30,31,32)/b13-12+. The molecule has 0 fully saturated rings. The third-order valence-corrected chi connectivity index (χ3v) is 7.39. The highest BCUT2D eigenvalue weighted by molar-refractivity contribution is 8.02. The molecule has 0 aliphatic heterocycles. The van der Waals surface area contributed by atoms with Crippen molar-refractivity contribution in [1.82, 2.24) is 5.32 Å². The largest absolute Gasteiger partial charge is 0.350 e. The lowest BCUT2D eigenvalue weighted by molar-refractivity contribution is -0.253. The molecule has 9 heteroatoms. The first-order valence-electron chi connectivity index (χ1n) is 13.6. The van der Waals surface area contributed by atoms with Crippen LogP contribution in [0, 0.1) is 0 Å². The molecule has 0 rings (SSSR count). The first-order valence-corrected chi connectivity index (χ1v) is 16.2. The molecule has 0 aliphatic rings. The van der Waals surface area contributed by atoms with E-state index < -0.39 is 21.4 Å². The Hall–Kier alpha value is -1.03. The van der Waals surface area contributed by atoms with Gasteiger partial charge in [-0.25, -0.2) is 0 Å². The zero-order valence-corrected chi connectivity index (χ0v) is 24.5. The second kappa shape index (κ2) is 22.0. The molecule has 212 valence electrons. The number of hydrogen-bond donors (Lipinski definition) is 2. The number of hydrogen-bond acceptors (Lipinski definition) is 6. The summed E-state index contributed by atoms with van der Waals surface area (Å²) in [6.45, 7) is 9.60. The van der Waals surface area contributed by atoms with Crippen LogP contribution in [0.5, 0.6) is 0 Å². The van der Waals surface area contributed by atoms with Gasteiger partial charge in [-0.15, -0.1) is 0 Å². The van der Waals surface area contributed by atoms with E-state index in [1.54, 1.807) is 0 Å². The van der Waals surface area contributed by atoms with E-state index in [9.17, 15) is 13.2 Å². The van der Waals surface area contributed by atoms with Crippen LogP contribution < -0.4 is 5.32 Å². The second-order valence-corrected chi connectivity index (χ2v) is 12.6. The van der Waals surface area contributed by atoms with Crippen molar-refractivity contribution in [3.05, 3.63) is 23.8 Å². The Morgan fingerprint density at radius 2 is 1.47 bits per heavy atom. The molecule has 0 saturated heterocycles. The topological polar surface area (TPSA) is 102 Å². The van der Waals surface area contributed by atoms with Gasteiger partial charge in [-0.2, -0.15) is 13.3 Å². The van der Waals surface area contributed by atoms with E-state index in [-0.39, 0.29) is 12.3 Å². The van der Waals surface area contributed by atoms with E-state index in [1.807, 2.05) is 0 Å². The van der Waals surface area contributed by atoms with Crippen molar-refractivity contribution >= 4 is 27.8 Å². The van der Waals surface area contributed by atoms with Gasteiger partial charge in [0.25, 0.3) is 10.1 Å². The molecule has 2 N–H and O–H groups in total. The summed E-state index contributed by atoms with van der Waals surface area (Å²) in [7, 11) is -4.17. The summed E-state index contributed by atoms with van der Waals surface area (Å²) in [5.41, 5.74) is -1.05. The molecule has 0 radical (unpaired) electrons. The maximum absolute atomic E-state index is 12.0. The van der Waals surface area contributed by atoms with Crippen molar-refractivity contribution in [1.29, 1.82) is 0 Å². The van der Waals surface area contributed by atoms with Crippen LogP contribution in [-0.2, 0) is 24.7 Å². The molecule has 0 aromatic heterocycles. The van der Waals surface area contributed by atoms with Crippen molar-refractivity contribution in [2.75, 3.05) is 18.1 Å². The highest BCUT2D eigenvalue weighted by Crippen LogP contribution is 2.17. The Balaban J connectivity index is 3.49. The molecule has 0 saturated carbocycles. The molecule has 0 aromatic carbocycles. The fourth-order valence-corrected chi connectivity index (χ4v) is 5.33. The van der Waals surface area contributed by atoms with Gasteiger partial charge < -0.3 is 10.2 Å². The normalized spacial score (nSPS) is 12.2. The van der Waals surface area contributed by atoms with E-state index in [0.29, 0.717) is 17.5 Å². The van der Waals surface area contributed by atoms with Crippen LogP contribution in [-0.4, -0.2) is 42.5 Å². The summed E-state index contributed by atoms with van der Waals surface area (Å²) in [6, 6.07) is 0. The molecule has 0 atom stereocenters. The number of nitrogens with one attached hydrogen (secondary N) is 1. The summed E-state index contributed by atoms with van der Waals surface area (Å²) >= 11 is 1.26. The van der Waals surface area contributed by atoms with Gasteiger partial charge in [0.05, 0.1) is 17.9 Å². The first kappa shape index (κ1) is 35.0. The Labute approximate surface area is 224 Å². The smallest absolute Gasteiger partial charge is 0.267 e. The number of carbonyl (C=O) groups excluding carboxylic acids is 1. The van der Waals surface area contributed by atoms with Crippen LogP contribution in [0.4, 0.5) is 0 Å². The average molecular weight is 550 g/mol. The maximum atomic E-state index is 12.0. The SMILES string of the molecule is C=C(OOCCCCCCCC/C=C/CCCCCCCC)SCCC(=O)NC(C)(C)CS(=O)(=O)O. The van der Waals surface area contributed by atoms with Crippen LogP contribution in [0.3, 0.4) is 0 Å². The minimum atomic E-state index is -4.17. The van der Waals surface area contributed by atoms with Crippen LogP contribution >= 0.6 is 11.8 Å². The lowest BCUT2D eigenvalue weighted by atomic mass is 10.1. The third kappa shape index (κ3) is 26.0. The molecule has 0 bridgehead atoms. The van der Waals surface area contributed by atoms with E-state index in [4.69, 9.17) is 14.3 Å². The molecule has 36 heavy (non-hydrogen) atoms. The van der Waals surface area contributed by atoms with Gasteiger partial charge in [-0.1, -0.05) is 88.6 Å². The van der Waals surface area contributed by atoms with Crippen molar-refractivity contribution < 1.29 is 27.5 Å². The number of amides is 1. The number of carbonyl (C=O) groups is 1. The highest BCUT2D eigenvalue weighted by Gasteiger charge is 2.26. The predicted octanol–water partition coefficient (Wildman–Crippen LogP) is 7.35. The van der Waals surface area contributed by atoms with E-state index in [0.717, 1.165) is 12.8 Å². The highest BCUT2D eigenvalue weighted by atomic mass is 32.2. The van der Waals surface area contributed by atoms with Crippen LogP contribution in [0.2, 0.25) is 0 Å². The molecule has 0 aliphatic carbocycles. The van der Waals surface area contributed by atoms with Gasteiger partial charge in [0.15, 0.2) is 5.09 Å². The van der Waals surface area contributed by atoms with Gasteiger partial charge >= 0.3 is 0 Å². The first-order chi connectivity index (χ1) is 17.1. The van der Waals surface area contributed by atoms with Gasteiger partial charge in [0.1, 0.15) is 0 Å². The van der Waals surface area contributed by atoms with E-state index >= 15 is 0 Å². The summed E-state index contributed by atoms with van der Waals surface area (Å²) < 4.78 is 30.9. The minimum absolute atomic E-state index is 0.164. The van der Waals surface area contributed by atoms with Crippen molar-refractivity contribution in [3.8, 4) is 0 Å². The number of thioether (sulfide) groups is 1. The molecule has 0 aromatic rings. The quantitative estimate of drug-likeness (QED) is 0.0306. The molecular formula is C27H51NO6S2. The maximum Gasteiger partial charge on any atom is 0.267 e. The average Bonchev–Trinajstić information content (AvgIpc) is 2.76. The Morgan fingerprint density at radius 3 is 2.03 bits per heavy atom. The molecule has 7 nitrogen and oxygen atoms in total. The zero-order chi connectivity index (χ0) is 27.1. The summed E-state index contributed by atoms with van der Waals surface area (Å²) in [5.74, 6) is -0.433. The van der Waals surface area contributed by atoms with E-state index in [2.05, 4.69) is 31.0 Å². The van der Waals surface area contributed by atoms with Gasteiger partial charge in [0, 0.05) is 12.2 Å². The number of unbranched alkanes of at least 4 members (excludes halogenated alkanes) is 12. The third-order valence-electron chi connectivity index (χ3n) is 5.50. The zero-order valence-electron chi connectivity index (χ0n) is 22.9. The molecule has 1 amide bonds. The predicted molar refractivity (Wildman–Crippen MR) is 151 cm³/mol. The Morgan fingerprint density at radius 1 is 0.944 bits per heavy atom. The van der Waals surface area contributed by atoms with Crippen molar-refractivity contribution in [3.63, 3.8) is 0 Å². The Bertz CT molecular complexity index is 707. The minimum Gasteiger partial charge on any atom is -0.350 e. The van der Waals surface area contributed by atoms with Gasteiger partial charge in [-0.05, 0) is 52.5 Å². The molecule has 0 spiro atoms. The van der Waals surface area contributed by atoms with Gasteiger partial charge in [0.2, 0.25) is 5.91 Å². The van der Waals surface area contributed by atoms with E-state index in [1.165, 1.54) is 103 Å². The summed E-state index contributed by atoms with van der Waals surface area (Å²) in [5, 5.41) is 2.97. The number of allylic oxidation sites excluding steroid dienone is 2. The second-order valence-electron chi connectivity index (χ2n) is 9.97. The lowest BCUT2D eigenvalue weighted by Crippen LogP contribution is -2.48. The molecule has 0 unspecified atom stereocenters. The lowest BCUT2D eigenvalue weighted by Gasteiger charge is -2.24. The van der Waals surface area contributed by atoms with Crippen LogP contribution in [0.1, 0.15) is 117 Å². The van der Waals surface area contributed by atoms with Crippen molar-refractivity contribution in [2.24, 2.45) is 0 Å². The van der Waals surface area contributed by atoms with Gasteiger partial charge in [-0.3, -0.25) is 9.35 Å². The monoisotopic (exact) mass is 549 g/mol. The number of rotatable bonds is 25. The molecule has 0 heterocycles. The molecular weight excluding hydrogens is 498 g/mol. The van der Waals surface area contributed by atoms with Crippen molar-refractivity contribution in [2.45, 2.75) is 123 Å². The summed E-state index contributed by atoms with van der Waals surface area (Å²) in [6.07, 6.45) is 22.5.